The van der Waals surface area contributed by atoms with Crippen molar-refractivity contribution in [1.82, 2.24) is 10.3 Å². The van der Waals surface area contributed by atoms with Gasteiger partial charge in [-0.2, -0.15) is 0 Å². The second-order valence-corrected chi connectivity index (χ2v) is 5.65. The lowest BCUT2D eigenvalue weighted by molar-refractivity contribution is 0.368. The number of fused-ring (bicyclic) bond motifs is 1. The second kappa shape index (κ2) is 2.30. The molecule has 0 saturated carbocycles. The summed E-state index contributed by atoms with van der Waals surface area (Å²) in [6.07, 6.45) is 0. The summed E-state index contributed by atoms with van der Waals surface area (Å²) in [6, 6.07) is -0.269. The molecule has 7 heteroatoms. The minimum atomic E-state index is -2.91. The molecule has 0 bridgehead atoms. The lowest BCUT2D eigenvalue weighted by Crippen LogP contribution is -2.42. The van der Waals surface area contributed by atoms with Crippen LogP contribution in [0.25, 0.3) is 0 Å². The van der Waals surface area contributed by atoms with Gasteiger partial charge in [0.15, 0.2) is 14.9 Å². The maximum absolute atomic E-state index is 11.1. The Balaban J connectivity index is 2.27. The fourth-order valence-corrected chi connectivity index (χ4v) is 3.81. The van der Waals surface area contributed by atoms with E-state index in [2.05, 4.69) is 5.32 Å². The lowest BCUT2D eigenvalue weighted by Gasteiger charge is -2.15. The molecule has 3 N–H and O–H groups in total. The summed E-state index contributed by atoms with van der Waals surface area (Å²) in [5.41, 5.74) is 0. The van der Waals surface area contributed by atoms with Crippen LogP contribution in [0.2, 0.25) is 0 Å². The van der Waals surface area contributed by atoms with E-state index in [4.69, 9.17) is 18.1 Å². The van der Waals surface area contributed by atoms with E-state index in [9.17, 15) is 8.42 Å². The molecule has 2 aliphatic heterocycles. The smallest absolute Gasteiger partial charge is 0.183 e. The van der Waals surface area contributed by atoms with Gasteiger partial charge in [-0.3, -0.25) is 5.01 Å². The topological polar surface area (TPSA) is 75.4 Å². The first kappa shape index (κ1) is 8.21. The predicted molar refractivity (Wildman–Crippen MR) is 48.0 cm³/mol. The quantitative estimate of drug-likeness (QED) is 0.361. The molecule has 0 aromatic rings. The van der Waals surface area contributed by atoms with Crippen LogP contribution >= 0.6 is 12.2 Å². The number of nitrogens with zero attached hydrogens (tertiary/aromatic N) is 1. The Morgan fingerprint density at radius 3 is 2.83 bits per heavy atom. The van der Waals surface area contributed by atoms with Crippen molar-refractivity contribution in [3.8, 4) is 0 Å². The molecule has 2 heterocycles. The zero-order valence-corrected chi connectivity index (χ0v) is 7.86. The molecule has 0 radical (unpaired) electrons. The van der Waals surface area contributed by atoms with Crippen LogP contribution in [-0.4, -0.2) is 42.1 Å². The Morgan fingerprint density at radius 1 is 1.58 bits per heavy atom. The van der Waals surface area contributed by atoms with Crippen LogP contribution in [0.4, 0.5) is 0 Å². The van der Waals surface area contributed by atoms with Crippen molar-refractivity contribution in [2.24, 2.45) is 5.84 Å². The van der Waals surface area contributed by atoms with Crippen LogP contribution in [0.3, 0.4) is 0 Å². The maximum atomic E-state index is 11.1. The van der Waals surface area contributed by atoms with Gasteiger partial charge < -0.3 is 5.32 Å². The highest BCUT2D eigenvalue weighted by atomic mass is 32.2. The van der Waals surface area contributed by atoms with Crippen LogP contribution in [-0.2, 0) is 9.84 Å². The first-order chi connectivity index (χ1) is 5.49. The highest BCUT2D eigenvalue weighted by Crippen LogP contribution is 2.21. The van der Waals surface area contributed by atoms with Gasteiger partial charge in [-0.25, -0.2) is 14.3 Å². The Kier molecular flexibility index (Phi) is 1.57. The summed E-state index contributed by atoms with van der Waals surface area (Å²) in [5.74, 6) is 5.81. The predicted octanol–water partition coefficient (Wildman–Crippen LogP) is -1.78. The van der Waals surface area contributed by atoms with Crippen LogP contribution in [0.1, 0.15) is 0 Å². The molecule has 0 aromatic heterocycles. The van der Waals surface area contributed by atoms with Gasteiger partial charge in [0.25, 0.3) is 0 Å². The number of hydrazine groups is 1. The molecular formula is C5H9N3O2S2. The maximum Gasteiger partial charge on any atom is 0.183 e. The first-order valence-electron chi connectivity index (χ1n) is 3.54. The summed E-state index contributed by atoms with van der Waals surface area (Å²) in [6.45, 7) is 0. The molecule has 0 spiro atoms. The van der Waals surface area contributed by atoms with Gasteiger partial charge >= 0.3 is 0 Å². The lowest BCUT2D eigenvalue weighted by atomic mass is 10.2. The third-order valence-electron chi connectivity index (χ3n) is 2.22. The highest BCUT2D eigenvalue weighted by molar-refractivity contribution is 7.91. The Morgan fingerprint density at radius 2 is 2.25 bits per heavy atom. The summed E-state index contributed by atoms with van der Waals surface area (Å²) < 4.78 is 22.3. The molecule has 2 saturated heterocycles. The molecule has 68 valence electrons. The normalized spacial score (nSPS) is 38.1. The van der Waals surface area contributed by atoms with E-state index < -0.39 is 9.84 Å². The monoisotopic (exact) mass is 207 g/mol. The van der Waals surface area contributed by atoms with Crippen molar-refractivity contribution >= 4 is 27.2 Å². The van der Waals surface area contributed by atoms with Crippen LogP contribution < -0.4 is 11.2 Å². The highest BCUT2D eigenvalue weighted by Gasteiger charge is 2.46. The van der Waals surface area contributed by atoms with E-state index in [1.165, 1.54) is 5.01 Å². The summed E-state index contributed by atoms with van der Waals surface area (Å²) in [5, 5.41) is 4.66. The molecular weight excluding hydrogens is 198 g/mol. The molecule has 12 heavy (non-hydrogen) atoms. The Labute approximate surface area is 75.8 Å². The average molecular weight is 207 g/mol. The molecule has 5 nitrogen and oxygen atoms in total. The molecule has 0 amide bonds. The molecule has 2 rings (SSSR count). The molecule has 2 aliphatic rings. The van der Waals surface area contributed by atoms with Gasteiger partial charge in [0.05, 0.1) is 23.6 Å². The zero-order chi connectivity index (χ0) is 8.93. The van der Waals surface area contributed by atoms with Crippen molar-refractivity contribution in [3.05, 3.63) is 0 Å². The molecule has 2 atom stereocenters. The minimum Gasteiger partial charge on any atom is -0.356 e. The first-order valence-corrected chi connectivity index (χ1v) is 5.77. The second-order valence-electron chi connectivity index (χ2n) is 3.11. The average Bonchev–Trinajstić information content (AvgIpc) is 2.33. The fourth-order valence-electron chi connectivity index (χ4n) is 1.62. The summed E-state index contributed by atoms with van der Waals surface area (Å²) in [4.78, 5) is 0. The Bertz CT molecular complexity index is 326. The van der Waals surface area contributed by atoms with E-state index in [0.717, 1.165) is 0 Å². The summed E-state index contributed by atoms with van der Waals surface area (Å²) >= 11 is 4.87. The number of rotatable bonds is 0. The fraction of sp³-hybridized carbons (Fsp3) is 0.800. The van der Waals surface area contributed by atoms with E-state index in [1.807, 2.05) is 0 Å². The van der Waals surface area contributed by atoms with Crippen molar-refractivity contribution < 1.29 is 8.42 Å². The number of sulfone groups is 1. The summed E-state index contributed by atoms with van der Waals surface area (Å²) in [7, 11) is -2.91. The van der Waals surface area contributed by atoms with Gasteiger partial charge in [0.2, 0.25) is 0 Å². The van der Waals surface area contributed by atoms with Crippen molar-refractivity contribution in [3.63, 3.8) is 0 Å². The standard InChI is InChI=1S/C5H9N3O2S2/c6-8-4-2-12(9,10)1-3(4)7-5(8)11/h3-4H,1-2,6H2,(H,7,11). The third-order valence-corrected chi connectivity index (χ3v) is 4.27. The van der Waals surface area contributed by atoms with E-state index in [-0.39, 0.29) is 23.6 Å². The van der Waals surface area contributed by atoms with Gasteiger partial charge in [-0.15, -0.1) is 0 Å². The SMILES string of the molecule is NN1C(=S)NC2CS(=O)(=O)CC21. The van der Waals surface area contributed by atoms with Gasteiger partial charge in [-0.05, 0) is 12.2 Å². The number of nitrogens with two attached hydrogens (primary N) is 1. The Hall–Kier alpha value is -0.400. The van der Waals surface area contributed by atoms with Crippen LogP contribution in [0, 0.1) is 0 Å². The molecule has 2 unspecified atom stereocenters. The van der Waals surface area contributed by atoms with Crippen LogP contribution in [0.15, 0.2) is 0 Å². The van der Waals surface area contributed by atoms with E-state index in [1.54, 1.807) is 0 Å². The molecule has 0 aromatic carbocycles. The number of hydrogen-bond donors (Lipinski definition) is 2. The number of nitrogens with one attached hydrogen (secondary N) is 1. The molecule has 2 fully saturated rings. The third kappa shape index (κ3) is 1.08. The largest absolute Gasteiger partial charge is 0.356 e. The number of hydrogen-bond acceptors (Lipinski definition) is 4. The van der Waals surface area contributed by atoms with Crippen LogP contribution in [0.5, 0.6) is 0 Å². The van der Waals surface area contributed by atoms with Crippen molar-refractivity contribution in [1.29, 1.82) is 0 Å². The van der Waals surface area contributed by atoms with Gasteiger partial charge in [0, 0.05) is 0 Å². The van der Waals surface area contributed by atoms with Gasteiger partial charge in [-0.1, -0.05) is 0 Å². The number of thiocarbonyl (C=S) groups is 1. The van der Waals surface area contributed by atoms with Crippen molar-refractivity contribution in [2.75, 3.05) is 11.5 Å². The molecule has 0 aliphatic carbocycles. The minimum absolute atomic E-state index is 0.104. The zero-order valence-electron chi connectivity index (χ0n) is 6.23. The van der Waals surface area contributed by atoms with Crippen molar-refractivity contribution in [2.45, 2.75) is 12.1 Å². The van der Waals surface area contributed by atoms with E-state index >= 15 is 0 Å². The van der Waals surface area contributed by atoms with E-state index in [0.29, 0.717) is 5.11 Å². The van der Waals surface area contributed by atoms with Gasteiger partial charge in [0.1, 0.15) is 0 Å².